The van der Waals surface area contributed by atoms with E-state index in [4.69, 9.17) is 0 Å². The molecule has 0 fully saturated rings. The maximum atomic E-state index is 12.4. The third kappa shape index (κ3) is 5.48. The van der Waals surface area contributed by atoms with Crippen LogP contribution in [0.1, 0.15) is 33.5 Å². The predicted octanol–water partition coefficient (Wildman–Crippen LogP) is 3.08. The number of nitrogens with one attached hydrogen (secondary N) is 2. The number of benzene rings is 2. The van der Waals surface area contributed by atoms with Crippen LogP contribution in [0, 0.1) is 0 Å². The molecule has 2 amide bonds. The Morgan fingerprint density at radius 2 is 1.65 bits per heavy atom. The van der Waals surface area contributed by atoms with Crippen molar-refractivity contribution in [2.75, 3.05) is 18.0 Å². The molecule has 158 valence electrons. The molecular weight excluding hydrogens is 388 g/mol. The summed E-state index contributed by atoms with van der Waals surface area (Å²) in [5.74, 6) is -0.268. The lowest BCUT2D eigenvalue weighted by atomic mass is 9.99. The van der Waals surface area contributed by atoms with Gasteiger partial charge in [0.15, 0.2) is 0 Å². The second kappa shape index (κ2) is 9.89. The van der Waals surface area contributed by atoms with Crippen LogP contribution in [0.4, 0.5) is 5.69 Å². The fraction of sp³-hybridized carbons (Fsp3) is 0.240. The van der Waals surface area contributed by atoms with Crippen molar-refractivity contribution in [1.29, 1.82) is 0 Å². The van der Waals surface area contributed by atoms with Crippen molar-refractivity contribution in [3.63, 3.8) is 0 Å². The lowest BCUT2D eigenvalue weighted by Gasteiger charge is -2.30. The average molecular weight is 415 g/mol. The van der Waals surface area contributed by atoms with Crippen LogP contribution < -0.4 is 15.5 Å². The first-order valence-electron chi connectivity index (χ1n) is 10.5. The Hall–Kier alpha value is -3.67. The third-order valence-corrected chi connectivity index (χ3v) is 5.50. The van der Waals surface area contributed by atoms with E-state index in [2.05, 4.69) is 44.8 Å². The highest BCUT2D eigenvalue weighted by atomic mass is 16.2. The summed E-state index contributed by atoms with van der Waals surface area (Å²) in [7, 11) is 0. The number of hydrogen-bond acceptors (Lipinski definition) is 4. The van der Waals surface area contributed by atoms with Crippen LogP contribution in [-0.2, 0) is 24.3 Å². The Morgan fingerprint density at radius 3 is 2.42 bits per heavy atom. The van der Waals surface area contributed by atoms with Crippen molar-refractivity contribution in [3.8, 4) is 0 Å². The van der Waals surface area contributed by atoms with E-state index in [9.17, 15) is 9.59 Å². The van der Waals surface area contributed by atoms with Crippen molar-refractivity contribution in [2.45, 2.75) is 25.9 Å². The summed E-state index contributed by atoms with van der Waals surface area (Å²) < 4.78 is 0. The van der Waals surface area contributed by atoms with Crippen molar-refractivity contribution in [3.05, 3.63) is 95.3 Å². The fourth-order valence-corrected chi connectivity index (χ4v) is 3.72. The van der Waals surface area contributed by atoms with Gasteiger partial charge in [0.2, 0.25) is 5.91 Å². The van der Waals surface area contributed by atoms with Gasteiger partial charge in [-0.15, -0.1) is 0 Å². The minimum atomic E-state index is -0.169. The highest BCUT2D eigenvalue weighted by molar-refractivity contribution is 5.94. The number of pyridine rings is 1. The number of rotatable bonds is 7. The number of carbonyl (C=O) groups is 2. The van der Waals surface area contributed by atoms with E-state index in [0.717, 1.165) is 30.8 Å². The topological polar surface area (TPSA) is 74.3 Å². The molecule has 4 rings (SSSR count). The molecule has 0 unspecified atom stereocenters. The second-order valence-electron chi connectivity index (χ2n) is 7.63. The van der Waals surface area contributed by atoms with E-state index in [1.807, 2.05) is 36.4 Å². The van der Waals surface area contributed by atoms with Crippen molar-refractivity contribution >= 4 is 17.5 Å². The Labute approximate surface area is 182 Å². The largest absolute Gasteiger partial charge is 0.367 e. The minimum absolute atomic E-state index is 0.0992. The van der Waals surface area contributed by atoms with Gasteiger partial charge in [0.1, 0.15) is 0 Å². The monoisotopic (exact) mass is 414 g/mol. The first-order chi connectivity index (χ1) is 15.2. The second-order valence-corrected chi connectivity index (χ2v) is 7.63. The Morgan fingerprint density at radius 1 is 0.903 bits per heavy atom. The maximum Gasteiger partial charge on any atom is 0.251 e. The van der Waals surface area contributed by atoms with Crippen molar-refractivity contribution in [1.82, 2.24) is 15.6 Å². The molecule has 0 saturated heterocycles. The number of nitrogens with zero attached hydrogens (tertiary/aromatic N) is 2. The molecule has 1 aliphatic rings. The van der Waals surface area contributed by atoms with Crippen LogP contribution in [0.3, 0.4) is 0 Å². The Bertz CT molecular complexity index is 1030. The summed E-state index contributed by atoms with van der Waals surface area (Å²) in [6, 6.07) is 19.9. The van der Waals surface area contributed by atoms with Crippen LogP contribution in [0.2, 0.25) is 0 Å². The van der Waals surface area contributed by atoms with Crippen molar-refractivity contribution in [2.24, 2.45) is 0 Å². The SMILES string of the molecule is O=C(CCNC(=O)c1ccc(N2CCc3ccccc3C2)cc1)NCc1ccncc1. The van der Waals surface area contributed by atoms with Crippen LogP contribution in [0.25, 0.3) is 0 Å². The Kier molecular flexibility index (Phi) is 6.57. The molecule has 2 aromatic carbocycles. The molecule has 6 nitrogen and oxygen atoms in total. The van der Waals surface area contributed by atoms with E-state index in [-0.39, 0.29) is 18.2 Å². The number of anilines is 1. The summed E-state index contributed by atoms with van der Waals surface area (Å²) >= 11 is 0. The number of carbonyl (C=O) groups excluding carboxylic acids is 2. The molecule has 1 aliphatic heterocycles. The van der Waals surface area contributed by atoms with Gasteiger partial charge in [0.25, 0.3) is 5.91 Å². The number of hydrogen-bond donors (Lipinski definition) is 2. The van der Waals surface area contributed by atoms with E-state index >= 15 is 0 Å². The molecule has 6 heteroatoms. The summed E-state index contributed by atoms with van der Waals surface area (Å²) in [6.07, 6.45) is 4.65. The zero-order chi connectivity index (χ0) is 21.5. The number of amides is 2. The molecule has 31 heavy (non-hydrogen) atoms. The first-order valence-corrected chi connectivity index (χ1v) is 10.5. The van der Waals surface area contributed by atoms with Crippen LogP contribution >= 0.6 is 0 Å². The smallest absolute Gasteiger partial charge is 0.251 e. The van der Waals surface area contributed by atoms with Gasteiger partial charge in [-0.05, 0) is 59.5 Å². The highest BCUT2D eigenvalue weighted by Crippen LogP contribution is 2.24. The number of aromatic nitrogens is 1. The van der Waals surface area contributed by atoms with Gasteiger partial charge in [-0.3, -0.25) is 14.6 Å². The number of fused-ring (bicyclic) bond motifs is 1. The van der Waals surface area contributed by atoms with E-state index < -0.39 is 0 Å². The van der Waals surface area contributed by atoms with Gasteiger partial charge in [-0.2, -0.15) is 0 Å². The molecule has 0 aliphatic carbocycles. The third-order valence-electron chi connectivity index (χ3n) is 5.50. The van der Waals surface area contributed by atoms with Gasteiger partial charge in [0.05, 0.1) is 0 Å². The first kappa shape index (κ1) is 20.6. The average Bonchev–Trinajstić information content (AvgIpc) is 2.83. The quantitative estimate of drug-likeness (QED) is 0.623. The van der Waals surface area contributed by atoms with Crippen LogP contribution in [-0.4, -0.2) is 29.9 Å². The van der Waals surface area contributed by atoms with E-state index in [1.165, 1.54) is 11.1 Å². The molecular formula is C25H26N4O2. The molecule has 0 bridgehead atoms. The molecule has 1 aromatic heterocycles. The normalized spacial score (nSPS) is 12.7. The standard InChI is InChI=1S/C25H26N4O2/c30-24(28-17-19-9-13-26-14-10-19)11-15-27-25(31)21-5-7-23(8-6-21)29-16-12-20-3-1-2-4-22(20)18-29/h1-10,13-14H,11-12,15-18H2,(H,27,31)(H,28,30). The van der Waals surface area contributed by atoms with E-state index in [1.54, 1.807) is 12.4 Å². The highest BCUT2D eigenvalue weighted by Gasteiger charge is 2.16. The van der Waals surface area contributed by atoms with Crippen molar-refractivity contribution < 1.29 is 9.59 Å². The Balaban J connectivity index is 1.23. The summed E-state index contributed by atoms with van der Waals surface area (Å²) in [5.41, 5.74) is 5.47. The van der Waals surface area contributed by atoms with E-state index in [0.29, 0.717) is 18.7 Å². The minimum Gasteiger partial charge on any atom is -0.367 e. The zero-order valence-electron chi connectivity index (χ0n) is 17.4. The van der Waals surface area contributed by atoms with Gasteiger partial charge in [-0.1, -0.05) is 24.3 Å². The zero-order valence-corrected chi connectivity index (χ0v) is 17.4. The van der Waals surface area contributed by atoms with Crippen LogP contribution in [0.15, 0.2) is 73.1 Å². The summed E-state index contributed by atoms with van der Waals surface area (Å²) in [4.78, 5) is 30.6. The molecule has 0 atom stereocenters. The molecule has 0 spiro atoms. The lowest BCUT2D eigenvalue weighted by molar-refractivity contribution is -0.121. The molecule has 0 radical (unpaired) electrons. The summed E-state index contributed by atoms with van der Waals surface area (Å²) in [5, 5.41) is 5.66. The van der Waals surface area contributed by atoms with Crippen LogP contribution in [0.5, 0.6) is 0 Å². The molecule has 3 aromatic rings. The fourth-order valence-electron chi connectivity index (χ4n) is 3.72. The van der Waals surface area contributed by atoms with Gasteiger partial charge >= 0.3 is 0 Å². The lowest BCUT2D eigenvalue weighted by Crippen LogP contribution is -2.31. The molecule has 2 N–H and O–H groups in total. The predicted molar refractivity (Wildman–Crippen MR) is 121 cm³/mol. The van der Waals surface area contributed by atoms with Gasteiger partial charge in [-0.25, -0.2) is 0 Å². The van der Waals surface area contributed by atoms with Gasteiger partial charge < -0.3 is 15.5 Å². The van der Waals surface area contributed by atoms with Gasteiger partial charge in [0, 0.05) is 56.2 Å². The maximum absolute atomic E-state index is 12.4. The molecule has 2 heterocycles. The molecule has 0 saturated carbocycles. The summed E-state index contributed by atoms with van der Waals surface area (Å²) in [6.45, 7) is 2.61.